The Morgan fingerprint density at radius 3 is 3.05 bits per heavy atom. The molecule has 22 heavy (non-hydrogen) atoms. The van der Waals surface area contributed by atoms with E-state index in [-0.39, 0.29) is 17.0 Å². The van der Waals surface area contributed by atoms with Gasteiger partial charge in [-0.3, -0.25) is 0 Å². The summed E-state index contributed by atoms with van der Waals surface area (Å²) >= 11 is 7.07. The van der Waals surface area contributed by atoms with E-state index >= 15 is 0 Å². The number of benzene rings is 1. The highest BCUT2D eigenvalue weighted by atomic mass is 35.5. The SMILES string of the molecule is N#Cc1c(Cl)nsc1NC1CCCN(c2ccccc2F)C1. The molecule has 0 saturated carbocycles. The van der Waals surface area contributed by atoms with Gasteiger partial charge in [-0.05, 0) is 36.5 Å². The van der Waals surface area contributed by atoms with Crippen LogP contribution in [-0.2, 0) is 0 Å². The summed E-state index contributed by atoms with van der Waals surface area (Å²) in [5, 5.41) is 13.4. The minimum Gasteiger partial charge on any atom is -0.370 e. The molecule has 1 fully saturated rings. The molecule has 1 atom stereocenters. The Bertz CT molecular complexity index is 712. The second-order valence-electron chi connectivity index (χ2n) is 5.17. The van der Waals surface area contributed by atoms with Gasteiger partial charge in [-0.2, -0.15) is 9.64 Å². The lowest BCUT2D eigenvalue weighted by Crippen LogP contribution is -2.42. The van der Waals surface area contributed by atoms with E-state index < -0.39 is 0 Å². The summed E-state index contributed by atoms with van der Waals surface area (Å²) < 4.78 is 17.9. The lowest BCUT2D eigenvalue weighted by Gasteiger charge is -2.35. The molecule has 1 aromatic carbocycles. The molecule has 1 unspecified atom stereocenters. The number of nitriles is 1. The Kier molecular flexibility index (Phi) is 4.46. The number of halogens is 2. The predicted octanol–water partition coefficient (Wildman–Crippen LogP) is 3.89. The molecule has 0 bridgehead atoms. The maximum Gasteiger partial charge on any atom is 0.162 e. The Balaban J connectivity index is 1.74. The first-order valence-corrected chi connectivity index (χ1v) is 8.15. The monoisotopic (exact) mass is 336 g/mol. The van der Waals surface area contributed by atoms with Crippen molar-refractivity contribution in [3.05, 3.63) is 40.8 Å². The lowest BCUT2D eigenvalue weighted by atomic mass is 10.0. The molecule has 1 aliphatic heterocycles. The van der Waals surface area contributed by atoms with Gasteiger partial charge in [0.25, 0.3) is 0 Å². The second kappa shape index (κ2) is 6.51. The second-order valence-corrected chi connectivity index (χ2v) is 6.30. The first-order valence-electron chi connectivity index (χ1n) is 7.00. The van der Waals surface area contributed by atoms with E-state index in [0.717, 1.165) is 19.4 Å². The highest BCUT2D eigenvalue weighted by molar-refractivity contribution is 7.10. The van der Waals surface area contributed by atoms with Crippen molar-refractivity contribution in [1.82, 2.24) is 4.37 Å². The van der Waals surface area contributed by atoms with Crippen LogP contribution in [0.3, 0.4) is 0 Å². The van der Waals surface area contributed by atoms with Crippen LogP contribution < -0.4 is 10.2 Å². The third kappa shape index (κ3) is 3.01. The molecule has 3 rings (SSSR count). The molecule has 2 aromatic rings. The van der Waals surface area contributed by atoms with Crippen molar-refractivity contribution in [2.75, 3.05) is 23.3 Å². The van der Waals surface area contributed by atoms with Gasteiger partial charge in [-0.15, -0.1) is 0 Å². The van der Waals surface area contributed by atoms with E-state index in [0.29, 0.717) is 22.8 Å². The Morgan fingerprint density at radius 2 is 2.27 bits per heavy atom. The van der Waals surface area contributed by atoms with Gasteiger partial charge in [0.1, 0.15) is 22.5 Å². The molecule has 1 aromatic heterocycles. The van der Waals surface area contributed by atoms with Crippen LogP contribution in [0, 0.1) is 17.1 Å². The van der Waals surface area contributed by atoms with E-state index in [2.05, 4.69) is 15.8 Å². The van der Waals surface area contributed by atoms with E-state index in [1.54, 1.807) is 12.1 Å². The summed E-state index contributed by atoms with van der Waals surface area (Å²) in [6.07, 6.45) is 1.92. The number of rotatable bonds is 3. The maximum atomic E-state index is 13.9. The molecule has 114 valence electrons. The number of piperidine rings is 1. The Hall–Kier alpha value is -1.84. The van der Waals surface area contributed by atoms with Crippen molar-refractivity contribution in [3.63, 3.8) is 0 Å². The number of nitrogens with one attached hydrogen (secondary N) is 1. The minimum absolute atomic E-state index is 0.136. The van der Waals surface area contributed by atoms with E-state index in [4.69, 9.17) is 16.9 Å². The molecule has 0 spiro atoms. The van der Waals surface area contributed by atoms with Crippen molar-refractivity contribution in [1.29, 1.82) is 5.26 Å². The van der Waals surface area contributed by atoms with Crippen LogP contribution in [0.5, 0.6) is 0 Å². The van der Waals surface area contributed by atoms with Gasteiger partial charge in [0.05, 0.1) is 5.69 Å². The van der Waals surface area contributed by atoms with Gasteiger partial charge in [0.2, 0.25) is 0 Å². The fourth-order valence-corrected chi connectivity index (χ4v) is 3.69. The largest absolute Gasteiger partial charge is 0.370 e. The summed E-state index contributed by atoms with van der Waals surface area (Å²) in [5.74, 6) is -0.207. The first-order chi connectivity index (χ1) is 10.7. The molecule has 1 aliphatic rings. The highest BCUT2D eigenvalue weighted by Crippen LogP contribution is 2.30. The fourth-order valence-electron chi connectivity index (χ4n) is 2.67. The van der Waals surface area contributed by atoms with Gasteiger partial charge < -0.3 is 10.2 Å². The molecule has 7 heteroatoms. The molecule has 2 heterocycles. The summed E-state index contributed by atoms with van der Waals surface area (Å²) in [6.45, 7) is 1.51. The summed E-state index contributed by atoms with van der Waals surface area (Å²) in [4.78, 5) is 2.03. The zero-order chi connectivity index (χ0) is 15.5. The van der Waals surface area contributed by atoms with Gasteiger partial charge in [-0.1, -0.05) is 23.7 Å². The highest BCUT2D eigenvalue weighted by Gasteiger charge is 2.23. The van der Waals surface area contributed by atoms with Gasteiger partial charge in [0, 0.05) is 19.1 Å². The smallest absolute Gasteiger partial charge is 0.162 e. The van der Waals surface area contributed by atoms with E-state index in [9.17, 15) is 4.39 Å². The Labute approximate surface area is 137 Å². The van der Waals surface area contributed by atoms with Crippen molar-refractivity contribution in [3.8, 4) is 6.07 Å². The van der Waals surface area contributed by atoms with Gasteiger partial charge in [0.15, 0.2) is 5.15 Å². The maximum absolute atomic E-state index is 13.9. The number of hydrogen-bond acceptors (Lipinski definition) is 5. The van der Waals surface area contributed by atoms with E-state index in [1.807, 2.05) is 11.0 Å². The summed E-state index contributed by atoms with van der Waals surface area (Å²) in [5.41, 5.74) is 1.01. The molecule has 0 radical (unpaired) electrons. The molecular weight excluding hydrogens is 323 g/mol. The molecular formula is C15H14ClFN4S. The van der Waals surface area contributed by atoms with Crippen LogP contribution in [0.15, 0.2) is 24.3 Å². The fraction of sp³-hybridized carbons (Fsp3) is 0.333. The van der Waals surface area contributed by atoms with Gasteiger partial charge in [-0.25, -0.2) is 4.39 Å². The van der Waals surface area contributed by atoms with E-state index in [1.165, 1.54) is 17.6 Å². The number of nitrogens with zero attached hydrogens (tertiary/aromatic N) is 3. The standard InChI is InChI=1S/C15H14ClFN4S/c16-14-11(8-18)15(22-20-14)19-10-4-3-7-21(9-10)13-6-2-1-5-12(13)17/h1-2,5-6,10,19H,3-4,7,9H2. The number of aromatic nitrogens is 1. The number of anilines is 2. The molecule has 4 nitrogen and oxygen atoms in total. The zero-order valence-electron chi connectivity index (χ0n) is 11.7. The zero-order valence-corrected chi connectivity index (χ0v) is 13.3. The number of hydrogen-bond donors (Lipinski definition) is 1. The van der Waals surface area contributed by atoms with Crippen LogP contribution in [0.2, 0.25) is 5.15 Å². The van der Waals surface area contributed by atoms with Crippen LogP contribution in [0.25, 0.3) is 0 Å². The van der Waals surface area contributed by atoms with Crippen molar-refractivity contribution < 1.29 is 4.39 Å². The van der Waals surface area contributed by atoms with Crippen LogP contribution in [0.4, 0.5) is 15.1 Å². The lowest BCUT2D eigenvalue weighted by molar-refractivity contribution is 0.519. The topological polar surface area (TPSA) is 52.0 Å². The third-order valence-corrected chi connectivity index (χ3v) is 4.86. The first kappa shape index (κ1) is 15.1. The normalized spacial score (nSPS) is 18.0. The average Bonchev–Trinajstić information content (AvgIpc) is 2.88. The van der Waals surface area contributed by atoms with Gasteiger partial charge >= 0.3 is 0 Å². The summed E-state index contributed by atoms with van der Waals surface area (Å²) in [6, 6.07) is 9.00. The summed E-state index contributed by atoms with van der Waals surface area (Å²) in [7, 11) is 0. The van der Waals surface area contributed by atoms with Crippen LogP contribution in [-0.4, -0.2) is 23.5 Å². The third-order valence-electron chi connectivity index (χ3n) is 3.71. The molecule has 1 N–H and O–H groups in total. The predicted molar refractivity (Wildman–Crippen MR) is 87.1 cm³/mol. The van der Waals surface area contributed by atoms with Crippen molar-refractivity contribution in [2.24, 2.45) is 0 Å². The van der Waals surface area contributed by atoms with Crippen molar-refractivity contribution in [2.45, 2.75) is 18.9 Å². The molecule has 0 aliphatic carbocycles. The van der Waals surface area contributed by atoms with Crippen LogP contribution in [0.1, 0.15) is 18.4 Å². The molecule has 0 amide bonds. The Morgan fingerprint density at radius 1 is 1.45 bits per heavy atom. The van der Waals surface area contributed by atoms with Crippen LogP contribution >= 0.6 is 23.1 Å². The number of para-hydroxylation sites is 1. The minimum atomic E-state index is -0.207. The quantitative estimate of drug-likeness (QED) is 0.924. The molecule has 1 saturated heterocycles. The van der Waals surface area contributed by atoms with Crippen molar-refractivity contribution >= 4 is 33.8 Å². The average molecular weight is 337 g/mol.